The van der Waals surface area contributed by atoms with Gasteiger partial charge in [0, 0.05) is 0 Å². The lowest BCUT2D eigenvalue weighted by molar-refractivity contribution is -0.139. The number of nitrogens with two attached hydrogens (primary N) is 1. The lowest BCUT2D eigenvalue weighted by Gasteiger charge is -2.10. The second-order valence-corrected chi connectivity index (χ2v) is 3.57. The van der Waals surface area contributed by atoms with Gasteiger partial charge in [0.05, 0.1) is 0 Å². The third-order valence-electron chi connectivity index (χ3n) is 2.34. The van der Waals surface area contributed by atoms with E-state index >= 15 is 0 Å². The van der Waals surface area contributed by atoms with Crippen molar-refractivity contribution in [3.05, 3.63) is 48.0 Å². The van der Waals surface area contributed by atoms with E-state index in [1.54, 1.807) is 0 Å². The molecular weight excluding hydrogens is 204 g/mol. The van der Waals surface area contributed by atoms with Gasteiger partial charge in [-0.1, -0.05) is 30.3 Å². The summed E-state index contributed by atoms with van der Waals surface area (Å²) < 4.78 is 0. The van der Waals surface area contributed by atoms with Crippen LogP contribution in [0, 0.1) is 0 Å². The quantitative estimate of drug-likeness (QED) is 0.378. The van der Waals surface area contributed by atoms with Crippen molar-refractivity contribution in [3.8, 4) is 0 Å². The molecule has 4 N–H and O–H groups in total. The highest BCUT2D eigenvalue weighted by atomic mass is 16.4. The van der Waals surface area contributed by atoms with E-state index in [1.165, 1.54) is 0 Å². The van der Waals surface area contributed by atoms with E-state index in [0.29, 0.717) is 6.42 Å². The first-order valence-electron chi connectivity index (χ1n) is 5.05. The topological polar surface area (TPSA) is 75.3 Å². The Morgan fingerprint density at radius 2 is 2.00 bits per heavy atom. The molecule has 0 amide bonds. The molecule has 0 saturated carbocycles. The maximum atomic E-state index is 10.7. The van der Waals surface area contributed by atoms with Crippen LogP contribution in [0.15, 0.2) is 36.9 Å². The van der Waals surface area contributed by atoms with Crippen LogP contribution in [0.2, 0.25) is 0 Å². The number of hydrogen-bond donors (Lipinski definition) is 3. The summed E-state index contributed by atoms with van der Waals surface area (Å²) in [6, 6.07) is 7.00. The van der Waals surface area contributed by atoms with Crippen LogP contribution < -0.4 is 11.3 Å². The van der Waals surface area contributed by atoms with Crippen LogP contribution >= 0.6 is 0 Å². The summed E-state index contributed by atoms with van der Waals surface area (Å²) in [6.07, 6.45) is 3.02. The first-order chi connectivity index (χ1) is 7.67. The van der Waals surface area contributed by atoms with Crippen molar-refractivity contribution in [2.45, 2.75) is 18.9 Å². The molecule has 16 heavy (non-hydrogen) atoms. The average Bonchev–Trinajstić information content (AvgIpc) is 2.28. The number of carbonyl (C=O) groups is 1. The van der Waals surface area contributed by atoms with E-state index in [-0.39, 0.29) is 0 Å². The monoisotopic (exact) mass is 220 g/mol. The van der Waals surface area contributed by atoms with Crippen LogP contribution in [0.4, 0.5) is 0 Å². The van der Waals surface area contributed by atoms with Gasteiger partial charge in [0.15, 0.2) is 0 Å². The van der Waals surface area contributed by atoms with Crippen molar-refractivity contribution in [1.29, 1.82) is 0 Å². The minimum atomic E-state index is -0.947. The van der Waals surface area contributed by atoms with Crippen molar-refractivity contribution in [2.75, 3.05) is 0 Å². The predicted octanol–water partition coefficient (Wildman–Crippen LogP) is 0.874. The molecule has 0 fully saturated rings. The highest BCUT2D eigenvalue weighted by Crippen LogP contribution is 2.07. The normalized spacial score (nSPS) is 12.1. The van der Waals surface area contributed by atoms with Crippen molar-refractivity contribution in [1.82, 2.24) is 5.43 Å². The molecule has 1 aromatic rings. The minimum Gasteiger partial charge on any atom is -0.480 e. The Bertz CT molecular complexity index is 360. The Morgan fingerprint density at radius 3 is 2.44 bits per heavy atom. The van der Waals surface area contributed by atoms with E-state index in [1.807, 2.05) is 30.3 Å². The SMILES string of the molecule is C=CCc1ccc(CC(NN)C(=O)O)cc1. The molecule has 1 aromatic carbocycles. The van der Waals surface area contributed by atoms with Crippen LogP contribution in [0.3, 0.4) is 0 Å². The van der Waals surface area contributed by atoms with E-state index in [0.717, 1.165) is 17.5 Å². The summed E-state index contributed by atoms with van der Waals surface area (Å²) in [5.41, 5.74) is 4.38. The Labute approximate surface area is 94.7 Å². The smallest absolute Gasteiger partial charge is 0.322 e. The molecule has 0 heterocycles. The highest BCUT2D eigenvalue weighted by Gasteiger charge is 2.15. The van der Waals surface area contributed by atoms with Gasteiger partial charge in [0.2, 0.25) is 0 Å². The van der Waals surface area contributed by atoms with Gasteiger partial charge in [-0.25, -0.2) is 5.43 Å². The number of rotatable bonds is 6. The van der Waals surface area contributed by atoms with Crippen LogP contribution in [-0.2, 0) is 17.6 Å². The maximum absolute atomic E-state index is 10.7. The summed E-state index contributed by atoms with van der Waals surface area (Å²) in [5, 5.41) is 8.82. The van der Waals surface area contributed by atoms with E-state index in [9.17, 15) is 4.79 Å². The second kappa shape index (κ2) is 6.05. The lowest BCUT2D eigenvalue weighted by atomic mass is 10.0. The number of carboxylic acid groups (broad SMARTS) is 1. The molecule has 4 nitrogen and oxygen atoms in total. The Hall–Kier alpha value is -1.65. The van der Waals surface area contributed by atoms with Crippen molar-refractivity contribution < 1.29 is 9.90 Å². The number of carboxylic acids is 1. The van der Waals surface area contributed by atoms with Crippen molar-refractivity contribution in [2.24, 2.45) is 5.84 Å². The van der Waals surface area contributed by atoms with Crippen LogP contribution in [0.5, 0.6) is 0 Å². The second-order valence-electron chi connectivity index (χ2n) is 3.57. The Kier molecular flexibility index (Phi) is 4.69. The third-order valence-corrected chi connectivity index (χ3v) is 2.34. The summed E-state index contributed by atoms with van der Waals surface area (Å²) in [7, 11) is 0. The van der Waals surface area contributed by atoms with Crippen LogP contribution in [0.1, 0.15) is 11.1 Å². The molecule has 1 rings (SSSR count). The fourth-order valence-corrected chi connectivity index (χ4v) is 1.43. The Morgan fingerprint density at radius 1 is 1.44 bits per heavy atom. The van der Waals surface area contributed by atoms with Gasteiger partial charge in [-0.05, 0) is 24.0 Å². The number of hydrogen-bond acceptors (Lipinski definition) is 3. The zero-order valence-corrected chi connectivity index (χ0v) is 9.02. The fraction of sp³-hybridized carbons (Fsp3) is 0.250. The molecule has 1 atom stereocenters. The summed E-state index contributed by atoms with van der Waals surface area (Å²) in [4.78, 5) is 10.7. The van der Waals surface area contributed by atoms with Gasteiger partial charge in [-0.2, -0.15) is 0 Å². The first-order valence-corrected chi connectivity index (χ1v) is 5.05. The molecule has 1 unspecified atom stereocenters. The molecular formula is C12H16N2O2. The van der Waals surface area contributed by atoms with Gasteiger partial charge >= 0.3 is 5.97 Å². The summed E-state index contributed by atoms with van der Waals surface area (Å²) >= 11 is 0. The Balaban J connectivity index is 2.67. The molecule has 86 valence electrons. The molecule has 0 spiro atoms. The van der Waals surface area contributed by atoms with E-state index < -0.39 is 12.0 Å². The van der Waals surface area contributed by atoms with Crippen molar-refractivity contribution >= 4 is 5.97 Å². The molecule has 0 radical (unpaired) electrons. The van der Waals surface area contributed by atoms with E-state index in [2.05, 4.69) is 12.0 Å². The standard InChI is InChI=1S/C12H16N2O2/c1-2-3-9-4-6-10(7-5-9)8-11(14-13)12(15)16/h2,4-7,11,14H,1,3,8,13H2,(H,15,16). The molecule has 0 aliphatic carbocycles. The van der Waals surface area contributed by atoms with Gasteiger partial charge < -0.3 is 5.11 Å². The van der Waals surface area contributed by atoms with E-state index in [4.69, 9.17) is 10.9 Å². The largest absolute Gasteiger partial charge is 0.480 e. The molecule has 4 heteroatoms. The lowest BCUT2D eigenvalue weighted by Crippen LogP contribution is -2.42. The van der Waals surface area contributed by atoms with Gasteiger partial charge in [0.25, 0.3) is 0 Å². The number of nitrogens with one attached hydrogen (secondary N) is 1. The van der Waals surface area contributed by atoms with Gasteiger partial charge in [-0.15, -0.1) is 6.58 Å². The molecule has 0 aliphatic heterocycles. The zero-order chi connectivity index (χ0) is 12.0. The van der Waals surface area contributed by atoms with Gasteiger partial charge in [-0.3, -0.25) is 10.6 Å². The number of hydrazine groups is 1. The van der Waals surface area contributed by atoms with Crippen molar-refractivity contribution in [3.63, 3.8) is 0 Å². The highest BCUT2D eigenvalue weighted by molar-refractivity contribution is 5.73. The minimum absolute atomic E-state index is 0.375. The number of allylic oxidation sites excluding steroid dienone is 1. The summed E-state index contributed by atoms with van der Waals surface area (Å²) in [6.45, 7) is 3.66. The molecule has 0 bridgehead atoms. The molecule has 0 aliphatic rings. The zero-order valence-electron chi connectivity index (χ0n) is 9.02. The predicted molar refractivity (Wildman–Crippen MR) is 62.8 cm³/mol. The van der Waals surface area contributed by atoms with Gasteiger partial charge in [0.1, 0.15) is 6.04 Å². The maximum Gasteiger partial charge on any atom is 0.322 e. The third kappa shape index (κ3) is 3.49. The van der Waals surface area contributed by atoms with Crippen LogP contribution in [-0.4, -0.2) is 17.1 Å². The molecule has 0 saturated heterocycles. The number of aliphatic carboxylic acids is 1. The number of benzene rings is 1. The van der Waals surface area contributed by atoms with Crippen LogP contribution in [0.25, 0.3) is 0 Å². The average molecular weight is 220 g/mol. The first kappa shape index (κ1) is 12.4. The summed E-state index contributed by atoms with van der Waals surface area (Å²) in [5.74, 6) is 4.21. The molecule has 0 aromatic heterocycles. The fourth-order valence-electron chi connectivity index (χ4n) is 1.43.